The molecule has 1 aliphatic carbocycles. The van der Waals surface area contributed by atoms with Crippen molar-refractivity contribution in [3.05, 3.63) is 30.1 Å². The molecule has 1 aliphatic rings. The fourth-order valence-corrected chi connectivity index (χ4v) is 2.86. The van der Waals surface area contributed by atoms with Crippen LogP contribution in [0.5, 0.6) is 0 Å². The van der Waals surface area contributed by atoms with E-state index in [2.05, 4.69) is 43.5 Å². The maximum absolute atomic E-state index is 6.29. The van der Waals surface area contributed by atoms with E-state index in [4.69, 9.17) is 10.7 Å². The van der Waals surface area contributed by atoms with E-state index in [-0.39, 0.29) is 11.6 Å². The summed E-state index contributed by atoms with van der Waals surface area (Å²) in [7, 11) is 0. The molecule has 1 atom stereocenters. The Kier molecular flexibility index (Phi) is 2.90. The highest BCUT2D eigenvalue weighted by molar-refractivity contribution is 5.76. The van der Waals surface area contributed by atoms with Gasteiger partial charge in [0, 0.05) is 18.0 Å². The first-order chi connectivity index (χ1) is 8.97. The van der Waals surface area contributed by atoms with Crippen molar-refractivity contribution in [1.82, 2.24) is 9.55 Å². The highest BCUT2D eigenvalue weighted by Crippen LogP contribution is 2.34. The molecule has 0 spiro atoms. The van der Waals surface area contributed by atoms with Crippen LogP contribution in [0.15, 0.2) is 24.3 Å². The number of nitrogens with two attached hydrogens (primary N) is 1. The van der Waals surface area contributed by atoms with E-state index < -0.39 is 0 Å². The van der Waals surface area contributed by atoms with Crippen LogP contribution in [-0.4, -0.2) is 15.6 Å². The van der Waals surface area contributed by atoms with Crippen molar-refractivity contribution < 1.29 is 0 Å². The zero-order chi connectivity index (χ0) is 13.6. The summed E-state index contributed by atoms with van der Waals surface area (Å²) in [6.45, 7) is 6.69. The van der Waals surface area contributed by atoms with Crippen LogP contribution in [0.3, 0.4) is 0 Å². The van der Waals surface area contributed by atoms with Crippen LogP contribution in [0.4, 0.5) is 0 Å². The van der Waals surface area contributed by atoms with Crippen molar-refractivity contribution in [1.29, 1.82) is 0 Å². The van der Waals surface area contributed by atoms with Crippen LogP contribution >= 0.6 is 0 Å². The molecule has 1 fully saturated rings. The highest BCUT2D eigenvalue weighted by atomic mass is 15.1. The van der Waals surface area contributed by atoms with Crippen molar-refractivity contribution in [2.24, 2.45) is 11.7 Å². The summed E-state index contributed by atoms with van der Waals surface area (Å²) in [5, 5.41) is 0. The van der Waals surface area contributed by atoms with Gasteiger partial charge in [0.2, 0.25) is 0 Å². The molecular weight excluding hydrogens is 234 g/mol. The first kappa shape index (κ1) is 12.7. The first-order valence-corrected chi connectivity index (χ1v) is 7.19. The van der Waals surface area contributed by atoms with Crippen molar-refractivity contribution in [3.63, 3.8) is 0 Å². The Hall–Kier alpha value is -1.35. The van der Waals surface area contributed by atoms with E-state index in [0.29, 0.717) is 5.92 Å². The third kappa shape index (κ3) is 2.39. The number of benzene rings is 1. The monoisotopic (exact) mass is 257 g/mol. The average molecular weight is 257 g/mol. The quantitative estimate of drug-likeness (QED) is 0.918. The lowest BCUT2D eigenvalue weighted by atomic mass is 10.1. The molecule has 3 nitrogen and oxygen atoms in total. The van der Waals surface area contributed by atoms with Gasteiger partial charge in [-0.1, -0.05) is 12.1 Å². The fourth-order valence-electron chi connectivity index (χ4n) is 2.86. The summed E-state index contributed by atoms with van der Waals surface area (Å²) < 4.78 is 2.35. The molecule has 1 aromatic carbocycles. The smallest absolute Gasteiger partial charge is 0.111 e. The predicted molar refractivity (Wildman–Crippen MR) is 79.1 cm³/mol. The lowest BCUT2D eigenvalue weighted by Gasteiger charge is -2.25. The summed E-state index contributed by atoms with van der Waals surface area (Å²) >= 11 is 0. The topological polar surface area (TPSA) is 43.8 Å². The van der Waals surface area contributed by atoms with E-state index in [1.54, 1.807) is 0 Å². The second-order valence-corrected chi connectivity index (χ2v) is 6.73. The summed E-state index contributed by atoms with van der Waals surface area (Å²) in [5.74, 6) is 1.85. The number of aromatic nitrogens is 2. The van der Waals surface area contributed by atoms with Crippen LogP contribution < -0.4 is 5.73 Å². The molecule has 3 rings (SSSR count). The van der Waals surface area contributed by atoms with Gasteiger partial charge in [0.15, 0.2) is 0 Å². The third-order valence-corrected chi connectivity index (χ3v) is 3.95. The fraction of sp³-hybridized carbons (Fsp3) is 0.562. The minimum Gasteiger partial charge on any atom is -0.327 e. The molecular formula is C16H23N3. The minimum absolute atomic E-state index is 0.0364. The SMILES string of the molecule is CC(C)(C)n1c(CC(N)C2CC2)nc2ccccc21. The number of hydrogen-bond acceptors (Lipinski definition) is 2. The number of nitrogens with zero attached hydrogens (tertiary/aromatic N) is 2. The molecule has 3 heteroatoms. The highest BCUT2D eigenvalue weighted by Gasteiger charge is 2.31. The van der Waals surface area contributed by atoms with E-state index in [0.717, 1.165) is 17.8 Å². The molecule has 19 heavy (non-hydrogen) atoms. The molecule has 0 radical (unpaired) electrons. The van der Waals surface area contributed by atoms with Crippen molar-refractivity contribution in [2.75, 3.05) is 0 Å². The largest absolute Gasteiger partial charge is 0.327 e. The lowest BCUT2D eigenvalue weighted by Crippen LogP contribution is -2.30. The Balaban J connectivity index is 2.06. The Morgan fingerprint density at radius 1 is 1.32 bits per heavy atom. The second kappa shape index (κ2) is 4.34. The number of rotatable bonds is 3. The molecule has 1 unspecified atom stereocenters. The first-order valence-electron chi connectivity index (χ1n) is 7.19. The molecule has 2 N–H and O–H groups in total. The van der Waals surface area contributed by atoms with Gasteiger partial charge in [-0.25, -0.2) is 4.98 Å². The van der Waals surface area contributed by atoms with Gasteiger partial charge in [-0.15, -0.1) is 0 Å². The normalized spacial score (nSPS) is 17.9. The number of fused-ring (bicyclic) bond motifs is 1. The maximum atomic E-state index is 6.29. The van der Waals surface area contributed by atoms with E-state index in [9.17, 15) is 0 Å². The summed E-state index contributed by atoms with van der Waals surface area (Å²) in [6.07, 6.45) is 3.46. The van der Waals surface area contributed by atoms with Crippen LogP contribution in [0.25, 0.3) is 11.0 Å². The summed E-state index contributed by atoms with van der Waals surface area (Å²) in [4.78, 5) is 4.81. The van der Waals surface area contributed by atoms with Crippen molar-refractivity contribution >= 4 is 11.0 Å². The Morgan fingerprint density at radius 3 is 2.63 bits per heavy atom. The van der Waals surface area contributed by atoms with Gasteiger partial charge >= 0.3 is 0 Å². The molecule has 102 valence electrons. The van der Waals surface area contributed by atoms with Crippen molar-refractivity contribution in [3.8, 4) is 0 Å². The second-order valence-electron chi connectivity index (χ2n) is 6.73. The zero-order valence-electron chi connectivity index (χ0n) is 12.1. The molecule has 0 aliphatic heterocycles. The summed E-state index contributed by atoms with van der Waals surface area (Å²) in [6, 6.07) is 8.63. The Labute approximate surface area is 114 Å². The van der Waals surface area contributed by atoms with Gasteiger partial charge in [0.25, 0.3) is 0 Å². The van der Waals surface area contributed by atoms with E-state index in [1.165, 1.54) is 18.4 Å². The minimum atomic E-state index is 0.0364. The van der Waals surface area contributed by atoms with Gasteiger partial charge in [-0.05, 0) is 51.7 Å². The van der Waals surface area contributed by atoms with Gasteiger partial charge in [0.1, 0.15) is 5.82 Å². The van der Waals surface area contributed by atoms with Crippen LogP contribution in [0.2, 0.25) is 0 Å². The molecule has 1 saturated carbocycles. The molecule has 0 bridgehead atoms. The zero-order valence-corrected chi connectivity index (χ0v) is 12.1. The van der Waals surface area contributed by atoms with E-state index >= 15 is 0 Å². The predicted octanol–water partition coefficient (Wildman–Crippen LogP) is 3.07. The molecule has 2 aromatic rings. The van der Waals surface area contributed by atoms with Gasteiger partial charge in [0.05, 0.1) is 11.0 Å². The number of hydrogen-bond donors (Lipinski definition) is 1. The number of para-hydroxylation sites is 2. The Bertz CT molecular complexity index is 588. The Morgan fingerprint density at radius 2 is 2.00 bits per heavy atom. The molecule has 1 heterocycles. The third-order valence-electron chi connectivity index (χ3n) is 3.95. The van der Waals surface area contributed by atoms with Crippen LogP contribution in [0, 0.1) is 5.92 Å². The lowest BCUT2D eigenvalue weighted by molar-refractivity contribution is 0.386. The van der Waals surface area contributed by atoms with Crippen molar-refractivity contribution in [2.45, 2.75) is 51.6 Å². The van der Waals surface area contributed by atoms with Crippen LogP contribution in [0.1, 0.15) is 39.4 Å². The molecule has 0 amide bonds. The van der Waals surface area contributed by atoms with Crippen LogP contribution in [-0.2, 0) is 12.0 Å². The maximum Gasteiger partial charge on any atom is 0.111 e. The summed E-state index contributed by atoms with van der Waals surface area (Å²) in [5.41, 5.74) is 8.62. The average Bonchev–Trinajstić information content (AvgIpc) is 3.09. The number of imidazole rings is 1. The van der Waals surface area contributed by atoms with Gasteiger partial charge < -0.3 is 10.3 Å². The van der Waals surface area contributed by atoms with Gasteiger partial charge in [-0.2, -0.15) is 0 Å². The molecule has 1 aromatic heterocycles. The molecule has 0 saturated heterocycles. The van der Waals surface area contributed by atoms with E-state index in [1.807, 2.05) is 6.07 Å². The van der Waals surface area contributed by atoms with Gasteiger partial charge in [-0.3, -0.25) is 0 Å². The standard InChI is InChI=1S/C16H23N3/c1-16(2,3)19-14-7-5-4-6-13(14)18-15(19)10-12(17)11-8-9-11/h4-7,11-12H,8-10,17H2,1-3H3.